The summed E-state index contributed by atoms with van der Waals surface area (Å²) in [5, 5.41) is 12.4. The van der Waals surface area contributed by atoms with E-state index in [2.05, 4.69) is 19.2 Å². The van der Waals surface area contributed by atoms with Crippen molar-refractivity contribution in [3.05, 3.63) is 23.7 Å². The van der Waals surface area contributed by atoms with Crippen molar-refractivity contribution in [2.75, 3.05) is 0 Å². The summed E-state index contributed by atoms with van der Waals surface area (Å²) in [6.07, 6.45) is 5.84. The summed E-state index contributed by atoms with van der Waals surface area (Å²) >= 11 is 0. The number of aromatic carboxylic acids is 1. The topological polar surface area (TPSA) is 62.5 Å². The van der Waals surface area contributed by atoms with E-state index in [1.54, 1.807) is 6.07 Å². The largest absolute Gasteiger partial charge is 0.475 e. The average molecular weight is 267 g/mol. The van der Waals surface area contributed by atoms with Crippen molar-refractivity contribution >= 4 is 5.97 Å². The standard InChI is InChI=1S/C15H25NO3/c1-4-6-8-12(7-5-2)16-11(3)13-9-10-14(19-13)15(17)18/h9-12,16H,4-8H2,1-3H3,(H,17,18). The number of carboxylic acid groups (broad SMARTS) is 1. The Balaban J connectivity index is 2.58. The highest BCUT2D eigenvalue weighted by Crippen LogP contribution is 2.19. The van der Waals surface area contributed by atoms with Gasteiger partial charge in [-0.3, -0.25) is 0 Å². The third-order valence-electron chi connectivity index (χ3n) is 3.29. The lowest BCUT2D eigenvalue weighted by Crippen LogP contribution is -2.31. The minimum Gasteiger partial charge on any atom is -0.475 e. The molecule has 0 aliphatic heterocycles. The minimum absolute atomic E-state index is 0.00393. The molecule has 1 heterocycles. The molecule has 0 saturated carbocycles. The third-order valence-corrected chi connectivity index (χ3v) is 3.29. The Kier molecular flexibility index (Phi) is 6.64. The zero-order chi connectivity index (χ0) is 14.3. The van der Waals surface area contributed by atoms with E-state index in [1.165, 1.54) is 18.9 Å². The summed E-state index contributed by atoms with van der Waals surface area (Å²) in [4.78, 5) is 10.8. The first-order chi connectivity index (χ1) is 9.08. The molecule has 0 spiro atoms. The highest BCUT2D eigenvalue weighted by atomic mass is 16.4. The highest BCUT2D eigenvalue weighted by molar-refractivity contribution is 5.84. The van der Waals surface area contributed by atoms with Crippen LogP contribution in [-0.4, -0.2) is 17.1 Å². The van der Waals surface area contributed by atoms with Crippen LogP contribution in [0.2, 0.25) is 0 Å². The lowest BCUT2D eigenvalue weighted by atomic mass is 10.0. The molecular weight excluding hydrogens is 242 g/mol. The Morgan fingerprint density at radius 2 is 2.05 bits per heavy atom. The fraction of sp³-hybridized carbons (Fsp3) is 0.667. The Bertz CT molecular complexity index is 386. The van der Waals surface area contributed by atoms with Crippen molar-refractivity contribution in [1.82, 2.24) is 5.32 Å². The van der Waals surface area contributed by atoms with Crippen LogP contribution in [0.3, 0.4) is 0 Å². The number of carbonyl (C=O) groups is 1. The highest BCUT2D eigenvalue weighted by Gasteiger charge is 2.17. The zero-order valence-electron chi connectivity index (χ0n) is 12.1. The van der Waals surface area contributed by atoms with Crippen LogP contribution in [0.15, 0.2) is 16.5 Å². The molecule has 4 nitrogen and oxygen atoms in total. The van der Waals surface area contributed by atoms with Gasteiger partial charge in [-0.1, -0.05) is 33.1 Å². The van der Waals surface area contributed by atoms with Crippen LogP contribution < -0.4 is 5.32 Å². The molecule has 0 bridgehead atoms. The summed E-state index contributed by atoms with van der Waals surface area (Å²) in [7, 11) is 0. The lowest BCUT2D eigenvalue weighted by molar-refractivity contribution is 0.0659. The van der Waals surface area contributed by atoms with E-state index in [-0.39, 0.29) is 11.8 Å². The van der Waals surface area contributed by atoms with Crippen molar-refractivity contribution in [3.63, 3.8) is 0 Å². The normalized spacial score (nSPS) is 14.3. The van der Waals surface area contributed by atoms with Gasteiger partial charge in [0, 0.05) is 6.04 Å². The number of hydrogen-bond acceptors (Lipinski definition) is 3. The van der Waals surface area contributed by atoms with Gasteiger partial charge >= 0.3 is 5.97 Å². The Hall–Kier alpha value is -1.29. The van der Waals surface area contributed by atoms with E-state index in [0.29, 0.717) is 11.8 Å². The molecule has 0 radical (unpaired) electrons. The SMILES string of the molecule is CCCCC(CCC)NC(C)c1ccc(C(=O)O)o1. The summed E-state index contributed by atoms with van der Waals surface area (Å²) in [6, 6.07) is 3.76. The van der Waals surface area contributed by atoms with E-state index >= 15 is 0 Å². The molecule has 19 heavy (non-hydrogen) atoms. The van der Waals surface area contributed by atoms with Crippen LogP contribution >= 0.6 is 0 Å². The second-order valence-electron chi connectivity index (χ2n) is 5.02. The van der Waals surface area contributed by atoms with Gasteiger partial charge < -0.3 is 14.8 Å². The van der Waals surface area contributed by atoms with Gasteiger partial charge in [0.25, 0.3) is 0 Å². The Labute approximate surface area is 115 Å². The van der Waals surface area contributed by atoms with Crippen molar-refractivity contribution < 1.29 is 14.3 Å². The number of furan rings is 1. The van der Waals surface area contributed by atoms with Crippen molar-refractivity contribution in [1.29, 1.82) is 0 Å². The van der Waals surface area contributed by atoms with Gasteiger partial charge in [0.1, 0.15) is 5.76 Å². The monoisotopic (exact) mass is 267 g/mol. The molecule has 2 N–H and O–H groups in total. The second kappa shape index (κ2) is 8.00. The molecule has 108 valence electrons. The lowest BCUT2D eigenvalue weighted by Gasteiger charge is -2.21. The van der Waals surface area contributed by atoms with Gasteiger partial charge in [-0.2, -0.15) is 0 Å². The third kappa shape index (κ3) is 5.07. The predicted molar refractivity (Wildman–Crippen MR) is 75.4 cm³/mol. The molecule has 2 atom stereocenters. The van der Waals surface area contributed by atoms with Crippen LogP contribution in [0, 0.1) is 0 Å². The van der Waals surface area contributed by atoms with Crippen molar-refractivity contribution in [2.45, 2.75) is 65.0 Å². The van der Waals surface area contributed by atoms with Gasteiger partial charge in [0.2, 0.25) is 5.76 Å². The maximum absolute atomic E-state index is 10.8. The van der Waals surface area contributed by atoms with Gasteiger partial charge in [-0.05, 0) is 31.9 Å². The van der Waals surface area contributed by atoms with E-state index in [1.807, 2.05) is 6.92 Å². The number of hydrogen-bond donors (Lipinski definition) is 2. The molecule has 1 aromatic heterocycles. The molecule has 0 saturated heterocycles. The first-order valence-corrected chi connectivity index (χ1v) is 7.17. The second-order valence-corrected chi connectivity index (χ2v) is 5.02. The molecule has 1 aromatic rings. The van der Waals surface area contributed by atoms with Gasteiger partial charge in [0.05, 0.1) is 6.04 Å². The first-order valence-electron chi connectivity index (χ1n) is 7.17. The molecule has 0 amide bonds. The predicted octanol–water partition coefficient (Wildman–Crippen LogP) is 3.99. The molecule has 4 heteroatoms. The van der Waals surface area contributed by atoms with E-state index in [0.717, 1.165) is 19.3 Å². The smallest absolute Gasteiger partial charge is 0.371 e. The number of nitrogens with one attached hydrogen (secondary N) is 1. The fourth-order valence-electron chi connectivity index (χ4n) is 2.25. The van der Waals surface area contributed by atoms with Crippen LogP contribution in [0.5, 0.6) is 0 Å². The summed E-state index contributed by atoms with van der Waals surface area (Å²) in [5.74, 6) is -0.325. The Morgan fingerprint density at radius 3 is 2.58 bits per heavy atom. The van der Waals surface area contributed by atoms with Crippen LogP contribution in [-0.2, 0) is 0 Å². The van der Waals surface area contributed by atoms with Gasteiger partial charge in [0.15, 0.2) is 0 Å². The Morgan fingerprint density at radius 1 is 1.32 bits per heavy atom. The molecule has 0 fully saturated rings. The van der Waals surface area contributed by atoms with E-state index in [4.69, 9.17) is 9.52 Å². The van der Waals surface area contributed by atoms with E-state index in [9.17, 15) is 4.79 Å². The van der Waals surface area contributed by atoms with Crippen LogP contribution in [0.25, 0.3) is 0 Å². The number of unbranched alkanes of at least 4 members (excludes halogenated alkanes) is 1. The maximum Gasteiger partial charge on any atom is 0.371 e. The average Bonchev–Trinajstić information content (AvgIpc) is 2.86. The number of carboxylic acids is 1. The van der Waals surface area contributed by atoms with E-state index < -0.39 is 5.97 Å². The zero-order valence-corrected chi connectivity index (χ0v) is 12.1. The first kappa shape index (κ1) is 15.8. The molecule has 0 aliphatic rings. The number of rotatable bonds is 9. The molecule has 2 unspecified atom stereocenters. The summed E-state index contributed by atoms with van der Waals surface area (Å²) < 4.78 is 5.33. The quantitative estimate of drug-likeness (QED) is 0.710. The van der Waals surface area contributed by atoms with Gasteiger partial charge in [-0.25, -0.2) is 4.79 Å². The fourth-order valence-corrected chi connectivity index (χ4v) is 2.25. The molecule has 0 aromatic carbocycles. The minimum atomic E-state index is -1.02. The van der Waals surface area contributed by atoms with Crippen molar-refractivity contribution in [3.8, 4) is 0 Å². The van der Waals surface area contributed by atoms with Crippen molar-refractivity contribution in [2.24, 2.45) is 0 Å². The summed E-state index contributed by atoms with van der Waals surface area (Å²) in [6.45, 7) is 6.39. The van der Waals surface area contributed by atoms with Gasteiger partial charge in [-0.15, -0.1) is 0 Å². The maximum atomic E-state index is 10.8. The molecular formula is C15H25NO3. The molecule has 1 rings (SSSR count). The molecule has 0 aliphatic carbocycles. The van der Waals surface area contributed by atoms with Crippen LogP contribution in [0.4, 0.5) is 0 Å². The summed E-state index contributed by atoms with van der Waals surface area (Å²) in [5.41, 5.74) is 0. The van der Waals surface area contributed by atoms with Crippen LogP contribution in [0.1, 0.15) is 75.2 Å².